The van der Waals surface area contributed by atoms with Gasteiger partial charge in [0.15, 0.2) is 5.78 Å². The van der Waals surface area contributed by atoms with Crippen LogP contribution in [0.3, 0.4) is 0 Å². The number of carbonyl (C=O) groups excluding carboxylic acids is 2. The zero-order chi connectivity index (χ0) is 22.1. The summed E-state index contributed by atoms with van der Waals surface area (Å²) in [5, 5.41) is 8.69. The van der Waals surface area contributed by atoms with Crippen LogP contribution in [0.25, 0.3) is 6.08 Å². The average molecular weight is 419 g/mol. The summed E-state index contributed by atoms with van der Waals surface area (Å²) in [4.78, 5) is 35.4. The monoisotopic (exact) mass is 418 g/mol. The molecule has 2 aromatic carbocycles. The summed E-state index contributed by atoms with van der Waals surface area (Å²) in [7, 11) is 0. The largest absolute Gasteiger partial charge is 0.481 e. The average Bonchev–Trinajstić information content (AvgIpc) is 3.14. The molecule has 31 heavy (non-hydrogen) atoms. The summed E-state index contributed by atoms with van der Waals surface area (Å²) < 4.78 is 0. The number of unbranched alkanes of at least 4 members (excludes halogenated alkanes) is 3. The first-order valence-electron chi connectivity index (χ1n) is 11.2. The van der Waals surface area contributed by atoms with Crippen molar-refractivity contribution in [3.8, 4) is 0 Å². The number of aliphatic carboxylic acids is 1. The van der Waals surface area contributed by atoms with Crippen LogP contribution in [0.4, 0.5) is 0 Å². The molecule has 1 aliphatic carbocycles. The van der Waals surface area contributed by atoms with Crippen LogP contribution in [0.15, 0.2) is 60.7 Å². The van der Waals surface area contributed by atoms with Gasteiger partial charge in [0.1, 0.15) is 5.78 Å². The normalized spacial score (nSPS) is 18.5. The summed E-state index contributed by atoms with van der Waals surface area (Å²) >= 11 is 0. The Kier molecular flexibility index (Phi) is 8.34. The molecule has 1 saturated carbocycles. The van der Waals surface area contributed by atoms with Gasteiger partial charge in [-0.1, -0.05) is 86.0 Å². The van der Waals surface area contributed by atoms with Crippen molar-refractivity contribution in [1.82, 2.24) is 0 Å². The highest BCUT2D eigenvalue weighted by Gasteiger charge is 2.32. The van der Waals surface area contributed by atoms with Gasteiger partial charge >= 0.3 is 5.97 Å². The van der Waals surface area contributed by atoms with Crippen LogP contribution in [0.5, 0.6) is 0 Å². The molecule has 0 unspecified atom stereocenters. The van der Waals surface area contributed by atoms with Crippen molar-refractivity contribution in [2.45, 2.75) is 51.4 Å². The molecule has 3 rings (SSSR count). The molecule has 162 valence electrons. The fourth-order valence-corrected chi connectivity index (χ4v) is 4.27. The molecule has 4 nitrogen and oxygen atoms in total. The van der Waals surface area contributed by atoms with Crippen LogP contribution in [-0.4, -0.2) is 22.6 Å². The molecule has 0 radical (unpaired) electrons. The van der Waals surface area contributed by atoms with Gasteiger partial charge in [0.25, 0.3) is 0 Å². The van der Waals surface area contributed by atoms with Gasteiger partial charge < -0.3 is 5.11 Å². The van der Waals surface area contributed by atoms with Gasteiger partial charge in [-0.05, 0) is 30.7 Å². The second-order valence-corrected chi connectivity index (χ2v) is 8.30. The number of hydrogen-bond donors (Lipinski definition) is 1. The van der Waals surface area contributed by atoms with E-state index >= 15 is 0 Å². The van der Waals surface area contributed by atoms with Gasteiger partial charge in [0.2, 0.25) is 0 Å². The fourth-order valence-electron chi connectivity index (χ4n) is 4.27. The van der Waals surface area contributed by atoms with Crippen molar-refractivity contribution in [1.29, 1.82) is 0 Å². The van der Waals surface area contributed by atoms with E-state index in [0.29, 0.717) is 29.8 Å². The lowest BCUT2D eigenvalue weighted by Gasteiger charge is -2.14. The fraction of sp³-hybridized carbons (Fsp3) is 0.370. The molecule has 0 spiro atoms. The third kappa shape index (κ3) is 6.74. The minimum Gasteiger partial charge on any atom is -0.481 e. The van der Waals surface area contributed by atoms with Gasteiger partial charge in [-0.3, -0.25) is 14.4 Å². The van der Waals surface area contributed by atoms with Crippen molar-refractivity contribution >= 4 is 23.6 Å². The van der Waals surface area contributed by atoms with Crippen molar-refractivity contribution in [3.63, 3.8) is 0 Å². The highest BCUT2D eigenvalue weighted by molar-refractivity contribution is 6.09. The highest BCUT2D eigenvalue weighted by Crippen LogP contribution is 2.34. The zero-order valence-electron chi connectivity index (χ0n) is 17.8. The summed E-state index contributed by atoms with van der Waals surface area (Å²) in [6.07, 6.45) is 10.4. The van der Waals surface area contributed by atoms with Crippen LogP contribution < -0.4 is 0 Å². The molecule has 1 N–H and O–H groups in total. The molecule has 0 aromatic heterocycles. The molecule has 0 amide bonds. The van der Waals surface area contributed by atoms with Gasteiger partial charge in [-0.15, -0.1) is 0 Å². The molecule has 2 atom stereocenters. The third-order valence-corrected chi connectivity index (χ3v) is 6.05. The van der Waals surface area contributed by atoms with Crippen LogP contribution in [0.2, 0.25) is 0 Å². The minimum atomic E-state index is -0.742. The highest BCUT2D eigenvalue weighted by atomic mass is 16.4. The number of carboxylic acid groups (broad SMARTS) is 1. The third-order valence-electron chi connectivity index (χ3n) is 6.05. The first-order chi connectivity index (χ1) is 15.0. The first-order valence-corrected chi connectivity index (χ1v) is 11.2. The Morgan fingerprint density at radius 3 is 2.29 bits per heavy atom. The first kappa shape index (κ1) is 22.7. The Hall–Kier alpha value is -3.01. The molecular weight excluding hydrogens is 388 g/mol. The summed E-state index contributed by atoms with van der Waals surface area (Å²) in [6, 6.07) is 16.8. The molecule has 0 aliphatic heterocycles. The van der Waals surface area contributed by atoms with Crippen LogP contribution in [0.1, 0.15) is 72.9 Å². The standard InChI is InChI=1S/C27H30O4/c28-25-19-18-21(24(25)10-6-1-2-7-11-26(29)30)15-12-20-13-16-23(17-14-20)27(31)22-8-4-3-5-9-22/h3-5,8-9,12-17,21,24H,1-2,6-7,10-11,18-19H2,(H,29,30)/t21-,24+/m1/s1. The van der Waals surface area contributed by atoms with Crippen molar-refractivity contribution in [2.24, 2.45) is 11.8 Å². The van der Waals surface area contributed by atoms with Crippen LogP contribution >= 0.6 is 0 Å². The quantitative estimate of drug-likeness (QED) is 0.361. The Labute approximate surface area is 184 Å². The second kappa shape index (κ2) is 11.4. The van der Waals surface area contributed by atoms with Crippen molar-refractivity contribution in [2.75, 3.05) is 0 Å². The summed E-state index contributed by atoms with van der Waals surface area (Å²) in [6.45, 7) is 0. The zero-order valence-corrected chi connectivity index (χ0v) is 17.8. The SMILES string of the molecule is O=C(O)CCCCCC[C@@H]1C(=O)CC[C@H]1C=Cc1ccc(C(=O)c2ccccc2)cc1. The lowest BCUT2D eigenvalue weighted by Crippen LogP contribution is -2.13. The van der Waals surface area contributed by atoms with E-state index in [1.165, 1.54) is 0 Å². The Morgan fingerprint density at radius 1 is 0.903 bits per heavy atom. The number of rotatable bonds is 11. The van der Waals surface area contributed by atoms with Crippen molar-refractivity contribution < 1.29 is 19.5 Å². The number of Topliss-reactive ketones (excluding diaryl/α,β-unsaturated/α-hetero) is 1. The minimum absolute atomic E-state index is 0.0148. The number of carbonyl (C=O) groups is 3. The molecule has 1 aliphatic rings. The second-order valence-electron chi connectivity index (χ2n) is 8.30. The summed E-state index contributed by atoms with van der Waals surface area (Å²) in [5.74, 6) is -0.0367. The predicted octanol–water partition coefficient (Wildman–Crippen LogP) is 5.95. The molecule has 2 aromatic rings. The number of hydrogen-bond acceptors (Lipinski definition) is 3. The molecular formula is C27H30O4. The van der Waals surface area contributed by atoms with Crippen molar-refractivity contribution in [3.05, 3.63) is 77.4 Å². The van der Waals surface area contributed by atoms with E-state index in [0.717, 1.165) is 37.7 Å². The maximum Gasteiger partial charge on any atom is 0.303 e. The number of benzene rings is 2. The lowest BCUT2D eigenvalue weighted by molar-refractivity contribution is -0.137. The van der Waals surface area contributed by atoms with Gasteiger partial charge in [-0.25, -0.2) is 0 Å². The molecule has 0 saturated heterocycles. The predicted molar refractivity (Wildman–Crippen MR) is 122 cm³/mol. The van der Waals surface area contributed by atoms with E-state index in [4.69, 9.17) is 5.11 Å². The van der Waals surface area contributed by atoms with E-state index in [1.54, 1.807) is 0 Å². The Balaban J connectivity index is 1.52. The van der Waals surface area contributed by atoms with Gasteiger partial charge in [0, 0.05) is 29.9 Å². The van der Waals surface area contributed by atoms with Crippen LogP contribution in [0, 0.1) is 11.8 Å². The maximum atomic E-state index is 12.5. The smallest absolute Gasteiger partial charge is 0.303 e. The van der Waals surface area contributed by atoms with Gasteiger partial charge in [-0.2, -0.15) is 0 Å². The molecule has 0 heterocycles. The van der Waals surface area contributed by atoms with Crippen LogP contribution in [-0.2, 0) is 9.59 Å². The van der Waals surface area contributed by atoms with E-state index in [9.17, 15) is 14.4 Å². The Bertz CT molecular complexity index is 912. The summed E-state index contributed by atoms with van der Waals surface area (Å²) in [5.41, 5.74) is 2.37. The van der Waals surface area contributed by atoms with E-state index < -0.39 is 5.97 Å². The Morgan fingerprint density at radius 2 is 1.58 bits per heavy atom. The van der Waals surface area contributed by atoms with E-state index in [2.05, 4.69) is 12.2 Å². The maximum absolute atomic E-state index is 12.5. The topological polar surface area (TPSA) is 71.4 Å². The molecule has 4 heteroatoms. The van der Waals surface area contributed by atoms with E-state index in [-0.39, 0.29) is 24.0 Å². The van der Waals surface area contributed by atoms with Gasteiger partial charge in [0.05, 0.1) is 0 Å². The molecule has 0 bridgehead atoms. The number of carboxylic acids is 1. The molecule has 1 fully saturated rings. The number of ketones is 2. The number of allylic oxidation sites excluding steroid dienone is 1. The lowest BCUT2D eigenvalue weighted by atomic mass is 9.89. The van der Waals surface area contributed by atoms with E-state index in [1.807, 2.05) is 54.6 Å².